The van der Waals surface area contributed by atoms with Crippen LogP contribution in [0.3, 0.4) is 0 Å². The molecular formula is C14H22N2O4S. The monoisotopic (exact) mass is 314 g/mol. The van der Waals surface area contributed by atoms with Crippen molar-refractivity contribution in [3.05, 3.63) is 35.9 Å². The largest absolute Gasteiger partial charge is 0.467 e. The number of esters is 1. The highest BCUT2D eigenvalue weighted by Gasteiger charge is 2.38. The number of carbonyl (C=O) groups excluding carboxylic acids is 1. The molecule has 0 aliphatic rings. The van der Waals surface area contributed by atoms with E-state index in [4.69, 9.17) is 10.5 Å². The summed E-state index contributed by atoms with van der Waals surface area (Å²) in [5.41, 5.74) is 5.54. The minimum atomic E-state index is -3.06. The van der Waals surface area contributed by atoms with Gasteiger partial charge in [-0.05, 0) is 12.6 Å². The van der Waals surface area contributed by atoms with Gasteiger partial charge in [0.1, 0.15) is 9.84 Å². The molecule has 21 heavy (non-hydrogen) atoms. The Morgan fingerprint density at radius 3 is 2.38 bits per heavy atom. The topological polar surface area (TPSA) is 89.7 Å². The maximum Gasteiger partial charge on any atom is 0.331 e. The van der Waals surface area contributed by atoms with Gasteiger partial charge in [0.25, 0.3) is 0 Å². The van der Waals surface area contributed by atoms with E-state index in [1.165, 1.54) is 13.4 Å². The fourth-order valence-electron chi connectivity index (χ4n) is 2.02. The lowest BCUT2D eigenvalue weighted by Crippen LogP contribution is -2.53. The zero-order chi connectivity index (χ0) is 16.1. The highest BCUT2D eigenvalue weighted by Crippen LogP contribution is 2.21. The van der Waals surface area contributed by atoms with Gasteiger partial charge in [-0.15, -0.1) is 0 Å². The van der Waals surface area contributed by atoms with Crippen molar-refractivity contribution in [1.29, 1.82) is 0 Å². The smallest absolute Gasteiger partial charge is 0.331 e. The molecule has 6 nitrogen and oxygen atoms in total. The van der Waals surface area contributed by atoms with Crippen molar-refractivity contribution in [3.63, 3.8) is 0 Å². The number of hydrogen-bond donors (Lipinski definition) is 1. The Morgan fingerprint density at radius 2 is 1.90 bits per heavy atom. The van der Waals surface area contributed by atoms with E-state index in [2.05, 4.69) is 0 Å². The molecule has 0 spiro atoms. The molecule has 0 aliphatic carbocycles. The molecule has 1 aromatic carbocycles. The molecule has 0 amide bonds. The van der Waals surface area contributed by atoms with Gasteiger partial charge in [-0.25, -0.2) is 13.2 Å². The summed E-state index contributed by atoms with van der Waals surface area (Å²) in [5.74, 6) is -0.546. The first-order valence-electron chi connectivity index (χ1n) is 6.48. The SMILES string of the molecule is COC(=O)C(N)(CN(C)CCS(C)(=O)=O)c1ccccc1. The molecule has 118 valence electrons. The van der Waals surface area contributed by atoms with E-state index in [-0.39, 0.29) is 12.3 Å². The van der Waals surface area contributed by atoms with Gasteiger partial charge >= 0.3 is 5.97 Å². The van der Waals surface area contributed by atoms with Crippen molar-refractivity contribution in [2.45, 2.75) is 5.54 Å². The second kappa shape index (κ2) is 7.02. The van der Waals surface area contributed by atoms with E-state index < -0.39 is 21.3 Å². The zero-order valence-electron chi connectivity index (χ0n) is 12.6. The molecule has 1 rings (SSSR count). The quantitative estimate of drug-likeness (QED) is 0.712. The molecular weight excluding hydrogens is 292 g/mol. The summed E-state index contributed by atoms with van der Waals surface area (Å²) in [5, 5.41) is 0. The first-order valence-corrected chi connectivity index (χ1v) is 8.54. The number of rotatable bonds is 7. The van der Waals surface area contributed by atoms with E-state index in [0.717, 1.165) is 0 Å². The Balaban J connectivity index is 2.92. The number of hydrogen-bond acceptors (Lipinski definition) is 6. The Labute approximate surface area is 125 Å². The predicted octanol–water partition coefficient (Wildman–Crippen LogP) is -0.01000. The second-order valence-corrected chi connectivity index (χ2v) is 7.46. The van der Waals surface area contributed by atoms with Gasteiger partial charge in [-0.3, -0.25) is 0 Å². The highest BCUT2D eigenvalue weighted by molar-refractivity contribution is 7.90. The van der Waals surface area contributed by atoms with Gasteiger partial charge in [0, 0.05) is 19.3 Å². The fraction of sp³-hybridized carbons (Fsp3) is 0.500. The standard InChI is InChI=1S/C14H22N2O4S/c1-16(9-10-21(3,18)19)11-14(15,13(17)20-2)12-7-5-4-6-8-12/h4-8H,9-11,15H2,1-3H3. The van der Waals surface area contributed by atoms with Crippen LogP contribution in [-0.2, 0) is 24.9 Å². The summed E-state index contributed by atoms with van der Waals surface area (Å²) in [4.78, 5) is 13.8. The summed E-state index contributed by atoms with van der Waals surface area (Å²) >= 11 is 0. The maximum atomic E-state index is 12.1. The molecule has 0 bridgehead atoms. The molecule has 1 unspecified atom stereocenters. The van der Waals surface area contributed by atoms with Crippen LogP contribution < -0.4 is 5.73 Å². The molecule has 1 aromatic rings. The van der Waals surface area contributed by atoms with E-state index in [1.54, 1.807) is 36.2 Å². The number of nitrogens with zero attached hydrogens (tertiary/aromatic N) is 1. The number of ether oxygens (including phenoxy) is 1. The van der Waals surface area contributed by atoms with Gasteiger partial charge in [0.15, 0.2) is 5.54 Å². The molecule has 0 aliphatic heterocycles. The lowest BCUT2D eigenvalue weighted by atomic mass is 9.90. The van der Waals surface area contributed by atoms with Crippen LogP contribution in [0.25, 0.3) is 0 Å². The summed E-state index contributed by atoms with van der Waals surface area (Å²) in [6, 6.07) is 8.91. The first-order chi connectivity index (χ1) is 9.69. The first kappa shape index (κ1) is 17.6. The molecule has 0 heterocycles. The van der Waals surface area contributed by atoms with Crippen LogP contribution in [0.15, 0.2) is 30.3 Å². The number of sulfone groups is 1. The Morgan fingerprint density at radius 1 is 1.33 bits per heavy atom. The van der Waals surface area contributed by atoms with Crippen molar-refractivity contribution < 1.29 is 17.9 Å². The minimum Gasteiger partial charge on any atom is -0.467 e. The third-order valence-electron chi connectivity index (χ3n) is 3.20. The Kier molecular flexibility index (Phi) is 5.88. The number of likely N-dealkylation sites (N-methyl/N-ethyl adjacent to an activating group) is 1. The Hall–Kier alpha value is -1.44. The third kappa shape index (κ3) is 5.11. The average Bonchev–Trinajstić information content (AvgIpc) is 2.44. The van der Waals surface area contributed by atoms with Gasteiger partial charge in [0.05, 0.1) is 12.9 Å². The lowest BCUT2D eigenvalue weighted by Gasteiger charge is -2.31. The van der Waals surface area contributed by atoms with Crippen LogP contribution in [0, 0.1) is 0 Å². The minimum absolute atomic E-state index is 0.00947. The molecule has 1 atom stereocenters. The Bertz CT molecular complexity index is 574. The average molecular weight is 314 g/mol. The summed E-state index contributed by atoms with van der Waals surface area (Å²) in [6.07, 6.45) is 1.17. The van der Waals surface area contributed by atoms with E-state index in [0.29, 0.717) is 12.1 Å². The molecule has 0 aromatic heterocycles. The lowest BCUT2D eigenvalue weighted by molar-refractivity contribution is -0.148. The summed E-state index contributed by atoms with van der Waals surface area (Å²) < 4.78 is 27.2. The number of carbonyl (C=O) groups is 1. The van der Waals surface area contributed by atoms with Gasteiger partial charge < -0.3 is 15.4 Å². The van der Waals surface area contributed by atoms with Crippen LogP contribution in [0.4, 0.5) is 0 Å². The summed E-state index contributed by atoms with van der Waals surface area (Å²) in [7, 11) is -0.0618. The van der Waals surface area contributed by atoms with Crippen LogP contribution in [0.1, 0.15) is 5.56 Å². The van der Waals surface area contributed by atoms with Gasteiger partial charge in [-0.2, -0.15) is 0 Å². The van der Waals surface area contributed by atoms with E-state index in [9.17, 15) is 13.2 Å². The number of benzene rings is 1. The normalized spacial score (nSPS) is 14.7. The molecule has 0 radical (unpaired) electrons. The number of methoxy groups -OCH3 is 1. The molecule has 0 saturated heterocycles. The van der Waals surface area contributed by atoms with Crippen molar-refractivity contribution in [1.82, 2.24) is 4.90 Å². The zero-order valence-corrected chi connectivity index (χ0v) is 13.4. The highest BCUT2D eigenvalue weighted by atomic mass is 32.2. The van der Waals surface area contributed by atoms with E-state index >= 15 is 0 Å². The summed E-state index contributed by atoms with van der Waals surface area (Å²) in [6.45, 7) is 0.459. The van der Waals surface area contributed by atoms with Crippen molar-refractivity contribution in [2.24, 2.45) is 5.73 Å². The third-order valence-corrected chi connectivity index (χ3v) is 4.13. The van der Waals surface area contributed by atoms with Crippen LogP contribution in [-0.4, -0.2) is 58.5 Å². The van der Waals surface area contributed by atoms with Gasteiger partial charge in [0.2, 0.25) is 0 Å². The van der Waals surface area contributed by atoms with Gasteiger partial charge in [-0.1, -0.05) is 30.3 Å². The number of nitrogens with two attached hydrogens (primary N) is 1. The molecule has 0 fully saturated rings. The fourth-order valence-corrected chi connectivity index (χ4v) is 2.66. The van der Waals surface area contributed by atoms with Crippen molar-refractivity contribution in [3.8, 4) is 0 Å². The van der Waals surface area contributed by atoms with Crippen molar-refractivity contribution >= 4 is 15.8 Å². The molecule has 7 heteroatoms. The van der Waals surface area contributed by atoms with Crippen LogP contribution in [0.5, 0.6) is 0 Å². The van der Waals surface area contributed by atoms with Crippen molar-refractivity contribution in [2.75, 3.05) is 39.3 Å². The van der Waals surface area contributed by atoms with E-state index in [1.807, 2.05) is 6.07 Å². The molecule has 0 saturated carbocycles. The molecule has 2 N–H and O–H groups in total. The predicted molar refractivity (Wildman–Crippen MR) is 81.5 cm³/mol. The van der Waals surface area contributed by atoms with Crippen LogP contribution in [0.2, 0.25) is 0 Å². The maximum absolute atomic E-state index is 12.1. The van der Waals surface area contributed by atoms with Crippen LogP contribution >= 0.6 is 0 Å². The second-order valence-electron chi connectivity index (χ2n) is 5.20.